The lowest BCUT2D eigenvalue weighted by molar-refractivity contribution is -0.121. The number of benzene rings is 1. The molecule has 3 rings (SSSR count). The third-order valence-corrected chi connectivity index (χ3v) is 4.55. The molecule has 1 heterocycles. The number of furan rings is 1. The Morgan fingerprint density at radius 2 is 2.14 bits per heavy atom. The predicted molar refractivity (Wildman–Crippen MR) is 86.8 cm³/mol. The van der Waals surface area contributed by atoms with Crippen molar-refractivity contribution in [1.82, 2.24) is 5.32 Å². The summed E-state index contributed by atoms with van der Waals surface area (Å²) in [7, 11) is 0. The minimum atomic E-state index is 0.125. The van der Waals surface area contributed by atoms with Crippen molar-refractivity contribution in [3.63, 3.8) is 0 Å². The molecule has 1 unspecified atom stereocenters. The van der Waals surface area contributed by atoms with Crippen molar-refractivity contribution in [2.24, 2.45) is 0 Å². The first-order valence-electron chi connectivity index (χ1n) is 8.04. The van der Waals surface area contributed by atoms with Crippen LogP contribution in [0.4, 0.5) is 0 Å². The molecule has 0 spiro atoms. The van der Waals surface area contributed by atoms with E-state index in [1.807, 2.05) is 19.9 Å². The second kappa shape index (κ2) is 6.39. The van der Waals surface area contributed by atoms with E-state index in [-0.39, 0.29) is 5.91 Å². The zero-order chi connectivity index (χ0) is 15.5. The van der Waals surface area contributed by atoms with Crippen LogP contribution in [0.2, 0.25) is 0 Å². The number of rotatable bonds is 4. The maximum Gasteiger partial charge on any atom is 0.220 e. The average molecular weight is 297 g/mol. The minimum Gasteiger partial charge on any atom is -0.466 e. The van der Waals surface area contributed by atoms with Gasteiger partial charge in [0.2, 0.25) is 5.91 Å². The molecule has 0 saturated heterocycles. The highest BCUT2D eigenvalue weighted by Gasteiger charge is 2.22. The molecule has 0 saturated carbocycles. The summed E-state index contributed by atoms with van der Waals surface area (Å²) in [6, 6.07) is 10.5. The van der Waals surface area contributed by atoms with Gasteiger partial charge in [-0.3, -0.25) is 4.79 Å². The summed E-state index contributed by atoms with van der Waals surface area (Å²) in [4.78, 5) is 12.3. The molecule has 0 aliphatic heterocycles. The predicted octanol–water partition coefficient (Wildman–Crippen LogP) is 4.02. The second-order valence-corrected chi connectivity index (χ2v) is 6.21. The number of hydrogen-bond acceptors (Lipinski definition) is 2. The van der Waals surface area contributed by atoms with E-state index in [1.54, 1.807) is 0 Å². The van der Waals surface area contributed by atoms with Gasteiger partial charge in [-0.25, -0.2) is 0 Å². The Labute approximate surface area is 131 Å². The molecule has 1 atom stereocenters. The first-order chi connectivity index (χ1) is 10.6. The first-order valence-corrected chi connectivity index (χ1v) is 8.04. The molecular formula is C19H23NO2. The molecule has 1 N–H and O–H groups in total. The van der Waals surface area contributed by atoms with Gasteiger partial charge in [0.1, 0.15) is 11.5 Å². The normalized spacial score (nSPS) is 17.1. The summed E-state index contributed by atoms with van der Waals surface area (Å²) in [5, 5.41) is 3.03. The van der Waals surface area contributed by atoms with Gasteiger partial charge < -0.3 is 9.73 Å². The Morgan fingerprint density at radius 3 is 2.91 bits per heavy atom. The van der Waals surface area contributed by atoms with E-state index in [0.717, 1.165) is 29.9 Å². The molecule has 1 amide bonds. The van der Waals surface area contributed by atoms with Gasteiger partial charge in [-0.2, -0.15) is 0 Å². The molecule has 1 aromatic heterocycles. The van der Waals surface area contributed by atoms with E-state index in [0.29, 0.717) is 18.9 Å². The molecule has 0 bridgehead atoms. The zero-order valence-electron chi connectivity index (χ0n) is 13.3. The number of carbonyl (C=O) groups excluding carboxylic acids is 1. The summed E-state index contributed by atoms with van der Waals surface area (Å²) >= 11 is 0. The summed E-state index contributed by atoms with van der Waals surface area (Å²) in [6.07, 6.45) is 4.00. The summed E-state index contributed by atoms with van der Waals surface area (Å²) < 4.78 is 5.49. The van der Waals surface area contributed by atoms with Crippen LogP contribution in [0.25, 0.3) is 0 Å². The van der Waals surface area contributed by atoms with E-state index < -0.39 is 0 Å². The van der Waals surface area contributed by atoms with Gasteiger partial charge in [0.15, 0.2) is 0 Å². The van der Waals surface area contributed by atoms with Crippen molar-refractivity contribution in [2.45, 2.75) is 52.0 Å². The fraction of sp³-hybridized carbons (Fsp3) is 0.421. The molecule has 3 heteroatoms. The maximum atomic E-state index is 12.3. The lowest BCUT2D eigenvalue weighted by Crippen LogP contribution is -2.25. The Morgan fingerprint density at radius 1 is 1.32 bits per heavy atom. The number of nitrogens with one attached hydrogen (secondary N) is 1. The molecule has 0 fully saturated rings. The van der Waals surface area contributed by atoms with Crippen molar-refractivity contribution in [3.05, 3.63) is 58.5 Å². The molecule has 2 aromatic rings. The average Bonchev–Trinajstić information content (AvgIpc) is 2.83. The van der Waals surface area contributed by atoms with E-state index in [1.165, 1.54) is 17.5 Å². The Kier molecular flexibility index (Phi) is 4.32. The summed E-state index contributed by atoms with van der Waals surface area (Å²) in [5.74, 6) is 2.26. The number of aryl methyl sites for hydroxylation is 3. The molecule has 1 aliphatic rings. The third kappa shape index (κ3) is 3.24. The summed E-state index contributed by atoms with van der Waals surface area (Å²) in [5.41, 5.74) is 3.84. The van der Waals surface area contributed by atoms with Gasteiger partial charge >= 0.3 is 0 Å². The number of amides is 1. The van der Waals surface area contributed by atoms with E-state index >= 15 is 0 Å². The standard InChI is InChI=1S/C19H23NO2/c1-13-10-17(14(2)22-13)12-20-19(21)11-16-8-5-7-15-6-3-4-9-18(15)16/h3-4,6,9-10,16H,5,7-8,11-12H2,1-2H3,(H,20,21). The van der Waals surface area contributed by atoms with Gasteiger partial charge in [-0.15, -0.1) is 0 Å². The zero-order valence-corrected chi connectivity index (χ0v) is 13.3. The molecule has 1 aromatic carbocycles. The Bertz CT molecular complexity index is 672. The highest BCUT2D eigenvalue weighted by Crippen LogP contribution is 2.33. The quantitative estimate of drug-likeness (QED) is 0.926. The van der Waals surface area contributed by atoms with Crippen molar-refractivity contribution >= 4 is 5.91 Å². The molecule has 3 nitrogen and oxygen atoms in total. The van der Waals surface area contributed by atoms with E-state index in [4.69, 9.17) is 4.42 Å². The van der Waals surface area contributed by atoms with Crippen molar-refractivity contribution in [3.8, 4) is 0 Å². The Hall–Kier alpha value is -2.03. The molecule has 22 heavy (non-hydrogen) atoms. The summed E-state index contributed by atoms with van der Waals surface area (Å²) in [6.45, 7) is 4.42. The van der Waals surface area contributed by atoms with Crippen LogP contribution in [0, 0.1) is 13.8 Å². The number of carbonyl (C=O) groups is 1. The van der Waals surface area contributed by atoms with Crippen LogP contribution < -0.4 is 5.32 Å². The van der Waals surface area contributed by atoms with Crippen LogP contribution in [0.3, 0.4) is 0 Å². The van der Waals surface area contributed by atoms with E-state index in [2.05, 4.69) is 29.6 Å². The van der Waals surface area contributed by atoms with Gasteiger partial charge in [-0.05, 0) is 56.2 Å². The third-order valence-electron chi connectivity index (χ3n) is 4.55. The van der Waals surface area contributed by atoms with Crippen molar-refractivity contribution < 1.29 is 9.21 Å². The SMILES string of the molecule is Cc1cc(CNC(=O)CC2CCCc3ccccc32)c(C)o1. The fourth-order valence-corrected chi connectivity index (χ4v) is 3.42. The van der Waals surface area contributed by atoms with Gasteiger partial charge in [-0.1, -0.05) is 24.3 Å². The van der Waals surface area contributed by atoms with Crippen molar-refractivity contribution in [1.29, 1.82) is 0 Å². The van der Waals surface area contributed by atoms with Crippen LogP contribution >= 0.6 is 0 Å². The van der Waals surface area contributed by atoms with Crippen LogP contribution in [0.15, 0.2) is 34.7 Å². The highest BCUT2D eigenvalue weighted by atomic mass is 16.3. The monoisotopic (exact) mass is 297 g/mol. The van der Waals surface area contributed by atoms with Crippen LogP contribution in [0.1, 0.15) is 53.4 Å². The fourth-order valence-electron chi connectivity index (χ4n) is 3.42. The topological polar surface area (TPSA) is 42.2 Å². The van der Waals surface area contributed by atoms with Crippen LogP contribution in [-0.4, -0.2) is 5.91 Å². The lowest BCUT2D eigenvalue weighted by Gasteiger charge is -2.25. The molecule has 116 valence electrons. The molecular weight excluding hydrogens is 274 g/mol. The minimum absolute atomic E-state index is 0.125. The molecule has 1 aliphatic carbocycles. The number of fused-ring (bicyclic) bond motifs is 1. The second-order valence-electron chi connectivity index (χ2n) is 6.21. The maximum absolute atomic E-state index is 12.3. The Balaban J connectivity index is 1.60. The van der Waals surface area contributed by atoms with Gasteiger partial charge in [0, 0.05) is 18.5 Å². The van der Waals surface area contributed by atoms with Gasteiger partial charge in [0.25, 0.3) is 0 Å². The highest BCUT2D eigenvalue weighted by molar-refractivity contribution is 5.77. The van der Waals surface area contributed by atoms with Crippen LogP contribution in [-0.2, 0) is 17.8 Å². The smallest absolute Gasteiger partial charge is 0.220 e. The largest absolute Gasteiger partial charge is 0.466 e. The first kappa shape index (κ1) is 14.9. The van der Waals surface area contributed by atoms with E-state index in [9.17, 15) is 4.79 Å². The molecule has 0 radical (unpaired) electrons. The van der Waals surface area contributed by atoms with Crippen LogP contribution in [0.5, 0.6) is 0 Å². The number of hydrogen-bond donors (Lipinski definition) is 1. The van der Waals surface area contributed by atoms with Gasteiger partial charge in [0.05, 0.1) is 0 Å². The van der Waals surface area contributed by atoms with Crippen molar-refractivity contribution in [2.75, 3.05) is 0 Å². The lowest BCUT2D eigenvalue weighted by atomic mass is 9.81.